The van der Waals surface area contributed by atoms with Gasteiger partial charge >= 0.3 is 6.03 Å². The van der Waals surface area contributed by atoms with Crippen molar-refractivity contribution in [2.45, 2.75) is 69.4 Å². The highest BCUT2D eigenvalue weighted by Crippen LogP contribution is 2.49. The molecule has 6 nitrogen and oxygen atoms in total. The van der Waals surface area contributed by atoms with Crippen molar-refractivity contribution in [1.29, 1.82) is 0 Å². The number of nitrogens with zero attached hydrogens (tertiary/aromatic N) is 1. The number of amides is 2. The van der Waals surface area contributed by atoms with Gasteiger partial charge in [0.25, 0.3) is 0 Å². The number of anilines is 1. The van der Waals surface area contributed by atoms with E-state index in [1.807, 2.05) is 24.3 Å². The maximum absolute atomic E-state index is 13.0. The Hall–Kier alpha value is -2.73. The second-order valence-corrected chi connectivity index (χ2v) is 10.8. The molecule has 0 spiro atoms. The summed E-state index contributed by atoms with van der Waals surface area (Å²) in [6, 6.07) is 14.8. The Morgan fingerprint density at radius 3 is 2.50 bits per heavy atom. The van der Waals surface area contributed by atoms with Crippen LogP contribution in [0.1, 0.15) is 57.6 Å². The first-order valence-electron chi connectivity index (χ1n) is 12.3. The Balaban J connectivity index is 1.49. The molecule has 184 valence electrons. The molecule has 34 heavy (non-hydrogen) atoms. The van der Waals surface area contributed by atoms with E-state index in [0.717, 1.165) is 55.0 Å². The number of methoxy groups -OCH3 is 2. The number of rotatable bonds is 5. The number of para-hydroxylation sites is 1. The van der Waals surface area contributed by atoms with Gasteiger partial charge in [0.2, 0.25) is 0 Å². The molecular weight excluding hydrogens is 426 g/mol. The van der Waals surface area contributed by atoms with Crippen LogP contribution in [0.4, 0.5) is 10.5 Å². The van der Waals surface area contributed by atoms with Crippen LogP contribution >= 0.6 is 0 Å². The molecule has 0 aromatic heterocycles. The van der Waals surface area contributed by atoms with Crippen LogP contribution in [0.25, 0.3) is 0 Å². The topological polar surface area (TPSA) is 62.8 Å². The molecule has 1 heterocycles. The number of carbonyl (C=O) groups excluding carboxylic acids is 1. The van der Waals surface area contributed by atoms with Crippen LogP contribution in [-0.4, -0.2) is 50.8 Å². The molecule has 3 unspecified atom stereocenters. The van der Waals surface area contributed by atoms with Crippen molar-refractivity contribution in [3.63, 3.8) is 0 Å². The second-order valence-electron chi connectivity index (χ2n) is 10.8. The van der Waals surface area contributed by atoms with E-state index in [1.54, 1.807) is 14.2 Å². The number of hydrogen-bond donors (Lipinski definition) is 2. The van der Waals surface area contributed by atoms with Gasteiger partial charge in [-0.25, -0.2) is 4.79 Å². The Bertz CT molecular complexity index is 1030. The summed E-state index contributed by atoms with van der Waals surface area (Å²) in [4.78, 5) is 15.4. The van der Waals surface area contributed by atoms with Crippen molar-refractivity contribution < 1.29 is 14.3 Å². The molecule has 6 heteroatoms. The van der Waals surface area contributed by atoms with Crippen molar-refractivity contribution in [2.75, 3.05) is 33.1 Å². The summed E-state index contributed by atoms with van der Waals surface area (Å²) in [5.41, 5.74) is 3.35. The summed E-state index contributed by atoms with van der Waals surface area (Å²) >= 11 is 0. The lowest BCUT2D eigenvalue weighted by Gasteiger charge is -2.45. The van der Waals surface area contributed by atoms with Gasteiger partial charge in [-0.05, 0) is 74.0 Å². The summed E-state index contributed by atoms with van der Waals surface area (Å²) < 4.78 is 11.1. The van der Waals surface area contributed by atoms with Gasteiger partial charge in [0.15, 0.2) is 11.5 Å². The summed E-state index contributed by atoms with van der Waals surface area (Å²) in [7, 11) is 5.56. The maximum atomic E-state index is 13.0. The largest absolute Gasteiger partial charge is 0.493 e. The number of benzene rings is 2. The zero-order valence-corrected chi connectivity index (χ0v) is 21.4. The lowest BCUT2D eigenvalue weighted by atomic mass is 9.65. The molecule has 0 bridgehead atoms. The molecule has 2 N–H and O–H groups in total. The molecule has 1 aliphatic heterocycles. The molecule has 0 radical (unpaired) electrons. The van der Waals surface area contributed by atoms with Crippen molar-refractivity contribution in [1.82, 2.24) is 10.2 Å². The lowest BCUT2D eigenvalue weighted by molar-refractivity contribution is 0.156. The van der Waals surface area contributed by atoms with E-state index in [2.05, 4.69) is 61.6 Å². The predicted octanol–water partition coefficient (Wildman–Crippen LogP) is 5.32. The highest BCUT2D eigenvalue weighted by atomic mass is 16.5. The molecule has 2 amide bonds. The normalized spacial score (nSPS) is 24.9. The molecule has 1 aliphatic carbocycles. The first-order valence-corrected chi connectivity index (χ1v) is 12.3. The van der Waals surface area contributed by atoms with Gasteiger partial charge in [0.05, 0.1) is 14.2 Å². The molecule has 2 fully saturated rings. The summed E-state index contributed by atoms with van der Waals surface area (Å²) in [5, 5.41) is 6.38. The van der Waals surface area contributed by atoms with Gasteiger partial charge < -0.3 is 25.0 Å². The van der Waals surface area contributed by atoms with Gasteiger partial charge in [0, 0.05) is 23.2 Å². The molecule has 2 aromatic rings. The number of likely N-dealkylation sites (N-methyl/N-ethyl adjacent to an activating group) is 1. The Morgan fingerprint density at radius 1 is 1.06 bits per heavy atom. The molecule has 2 aliphatic rings. The number of hydrogen-bond acceptors (Lipinski definition) is 4. The Kier molecular flexibility index (Phi) is 6.81. The minimum absolute atomic E-state index is 0.0414. The van der Waals surface area contributed by atoms with Gasteiger partial charge in [-0.1, -0.05) is 45.0 Å². The fraction of sp³-hybridized carbons (Fsp3) is 0.536. The number of carbonyl (C=O) groups is 1. The third-order valence-corrected chi connectivity index (χ3v) is 7.80. The first-order chi connectivity index (χ1) is 16.2. The average molecular weight is 466 g/mol. The maximum Gasteiger partial charge on any atom is 0.319 e. The zero-order chi connectivity index (χ0) is 24.5. The predicted molar refractivity (Wildman–Crippen MR) is 137 cm³/mol. The van der Waals surface area contributed by atoms with Crippen LogP contribution in [0, 0.1) is 0 Å². The highest BCUT2D eigenvalue weighted by Gasteiger charge is 2.50. The molecule has 2 aromatic carbocycles. The van der Waals surface area contributed by atoms with Crippen molar-refractivity contribution in [3.8, 4) is 11.5 Å². The monoisotopic (exact) mass is 465 g/mol. The summed E-state index contributed by atoms with van der Waals surface area (Å²) in [6.07, 6.45) is 4.02. The molecule has 4 rings (SSSR count). The Morgan fingerprint density at radius 2 is 1.79 bits per heavy atom. The van der Waals surface area contributed by atoms with E-state index in [1.165, 1.54) is 5.56 Å². The minimum atomic E-state index is -0.124. The van der Waals surface area contributed by atoms with Gasteiger partial charge in [-0.2, -0.15) is 0 Å². The first kappa shape index (κ1) is 24.4. The number of urea groups is 1. The number of likely N-dealkylation sites (tertiary alicyclic amines) is 1. The molecular formula is C28H39N3O3. The van der Waals surface area contributed by atoms with Crippen molar-refractivity contribution in [3.05, 3.63) is 53.6 Å². The van der Waals surface area contributed by atoms with E-state index >= 15 is 0 Å². The number of nitrogens with one attached hydrogen (secondary N) is 2. The van der Waals surface area contributed by atoms with Gasteiger partial charge in [-0.15, -0.1) is 0 Å². The van der Waals surface area contributed by atoms with Crippen LogP contribution in [-0.2, 0) is 10.8 Å². The van der Waals surface area contributed by atoms with E-state index in [9.17, 15) is 4.79 Å². The van der Waals surface area contributed by atoms with E-state index in [4.69, 9.17) is 9.47 Å². The quantitative estimate of drug-likeness (QED) is 0.628. The van der Waals surface area contributed by atoms with Gasteiger partial charge in [-0.3, -0.25) is 0 Å². The number of ether oxygens (including phenoxy) is 2. The van der Waals surface area contributed by atoms with E-state index in [0.29, 0.717) is 6.04 Å². The fourth-order valence-corrected chi connectivity index (χ4v) is 5.98. The number of fused-ring (bicyclic) bond motifs is 1. The standard InChI is InChI=1S/C28H39N3O3/c1-27(2,3)21-9-7-8-10-22(21)30-26(32)29-20-13-14-28(15-16-31(4)25(28)18-20)19-11-12-23(33-5)24(17-19)34-6/h7-12,17,20,25H,13-16,18H2,1-6H3,(H2,29,30,32). The second kappa shape index (κ2) is 9.49. The summed E-state index contributed by atoms with van der Waals surface area (Å²) in [6.45, 7) is 7.54. The fourth-order valence-electron chi connectivity index (χ4n) is 5.98. The third kappa shape index (κ3) is 4.61. The average Bonchev–Trinajstić information content (AvgIpc) is 3.15. The van der Waals surface area contributed by atoms with E-state index in [-0.39, 0.29) is 22.9 Å². The van der Waals surface area contributed by atoms with Crippen LogP contribution < -0.4 is 20.1 Å². The Labute approximate surface area is 204 Å². The lowest BCUT2D eigenvalue weighted by Crippen LogP contribution is -2.52. The molecule has 1 saturated heterocycles. The molecule has 3 atom stereocenters. The SMILES string of the molecule is COc1ccc(C23CCC(NC(=O)Nc4ccccc4C(C)(C)C)CC2N(C)CC3)cc1OC. The van der Waals surface area contributed by atoms with Crippen LogP contribution in [0.15, 0.2) is 42.5 Å². The molecule has 1 saturated carbocycles. The third-order valence-electron chi connectivity index (χ3n) is 7.80. The van der Waals surface area contributed by atoms with Gasteiger partial charge in [0.1, 0.15) is 0 Å². The van der Waals surface area contributed by atoms with Crippen molar-refractivity contribution in [2.24, 2.45) is 0 Å². The van der Waals surface area contributed by atoms with Crippen LogP contribution in [0.2, 0.25) is 0 Å². The minimum Gasteiger partial charge on any atom is -0.493 e. The van der Waals surface area contributed by atoms with Crippen molar-refractivity contribution >= 4 is 11.7 Å². The summed E-state index contributed by atoms with van der Waals surface area (Å²) in [5.74, 6) is 1.54. The zero-order valence-electron chi connectivity index (χ0n) is 21.4. The highest BCUT2D eigenvalue weighted by molar-refractivity contribution is 5.90. The van der Waals surface area contributed by atoms with Crippen LogP contribution in [0.3, 0.4) is 0 Å². The van der Waals surface area contributed by atoms with Crippen LogP contribution in [0.5, 0.6) is 11.5 Å². The van der Waals surface area contributed by atoms with E-state index < -0.39 is 0 Å². The smallest absolute Gasteiger partial charge is 0.319 e.